The fraction of sp³-hybridized carbons (Fsp3) is 0.400. The molecule has 4 rings (SSSR count). The SMILES string of the molecule is CC(C)(C)Cn1cc(CNS(=O)(=O)C2CC2)c2ccc(-c3c(C#N)cccc3C(F)F)cc21. The van der Waals surface area contributed by atoms with Crippen molar-refractivity contribution in [1.29, 1.82) is 5.26 Å². The Balaban J connectivity index is 1.83. The van der Waals surface area contributed by atoms with Crippen LogP contribution in [-0.2, 0) is 23.1 Å². The molecule has 1 saturated carbocycles. The highest BCUT2D eigenvalue weighted by atomic mass is 32.2. The van der Waals surface area contributed by atoms with Gasteiger partial charge < -0.3 is 4.57 Å². The molecule has 0 spiro atoms. The van der Waals surface area contributed by atoms with Crippen LogP contribution in [-0.4, -0.2) is 18.2 Å². The van der Waals surface area contributed by atoms with Crippen molar-refractivity contribution < 1.29 is 17.2 Å². The fourth-order valence-electron chi connectivity index (χ4n) is 4.15. The van der Waals surface area contributed by atoms with Gasteiger partial charge in [-0.3, -0.25) is 0 Å². The van der Waals surface area contributed by atoms with Crippen molar-refractivity contribution in [1.82, 2.24) is 9.29 Å². The number of nitrogens with zero attached hydrogens (tertiary/aromatic N) is 2. The minimum atomic E-state index is -3.33. The van der Waals surface area contributed by atoms with Gasteiger partial charge in [0.2, 0.25) is 10.0 Å². The van der Waals surface area contributed by atoms with Crippen LogP contribution in [0.3, 0.4) is 0 Å². The maximum absolute atomic E-state index is 13.8. The third-order valence-electron chi connectivity index (χ3n) is 5.78. The van der Waals surface area contributed by atoms with Gasteiger partial charge in [0, 0.05) is 41.3 Å². The Hall–Kier alpha value is -2.76. The number of hydrogen-bond acceptors (Lipinski definition) is 3. The van der Waals surface area contributed by atoms with E-state index in [9.17, 15) is 22.5 Å². The third kappa shape index (κ3) is 4.94. The van der Waals surface area contributed by atoms with E-state index in [1.54, 1.807) is 6.07 Å². The molecule has 0 bridgehead atoms. The van der Waals surface area contributed by atoms with Crippen LogP contribution in [0, 0.1) is 16.7 Å². The molecule has 0 unspecified atom stereocenters. The van der Waals surface area contributed by atoms with Gasteiger partial charge in [-0.25, -0.2) is 21.9 Å². The van der Waals surface area contributed by atoms with Crippen molar-refractivity contribution >= 4 is 20.9 Å². The molecule has 3 aromatic rings. The van der Waals surface area contributed by atoms with E-state index in [2.05, 4.69) is 25.5 Å². The van der Waals surface area contributed by atoms with Gasteiger partial charge in [0.05, 0.1) is 16.9 Å². The van der Waals surface area contributed by atoms with Crippen LogP contribution in [0.15, 0.2) is 42.6 Å². The first-order valence-corrected chi connectivity index (χ1v) is 12.5. The van der Waals surface area contributed by atoms with Crippen molar-refractivity contribution in [3.8, 4) is 17.2 Å². The van der Waals surface area contributed by atoms with Crippen LogP contribution in [0.4, 0.5) is 8.78 Å². The van der Waals surface area contributed by atoms with Crippen LogP contribution in [0.5, 0.6) is 0 Å². The zero-order valence-corrected chi connectivity index (χ0v) is 19.7. The van der Waals surface area contributed by atoms with Crippen molar-refractivity contribution in [2.45, 2.75) is 58.4 Å². The lowest BCUT2D eigenvalue weighted by Crippen LogP contribution is -2.26. The Kier molecular flexibility index (Phi) is 6.06. The lowest BCUT2D eigenvalue weighted by atomic mass is 9.93. The van der Waals surface area contributed by atoms with Crippen molar-refractivity contribution in [2.75, 3.05) is 0 Å². The normalized spacial score (nSPS) is 14.7. The Morgan fingerprint density at radius 2 is 1.94 bits per heavy atom. The summed E-state index contributed by atoms with van der Waals surface area (Å²) in [5.41, 5.74) is 2.36. The summed E-state index contributed by atoms with van der Waals surface area (Å²) in [4.78, 5) is 0. The average Bonchev–Trinajstić information content (AvgIpc) is 3.56. The number of benzene rings is 2. The summed E-state index contributed by atoms with van der Waals surface area (Å²) in [5.74, 6) is 0. The molecule has 174 valence electrons. The number of sulfonamides is 1. The first kappa shape index (κ1) is 23.4. The minimum Gasteiger partial charge on any atom is -0.347 e. The van der Waals surface area contributed by atoms with E-state index >= 15 is 0 Å². The molecule has 0 saturated heterocycles. The lowest BCUT2D eigenvalue weighted by Gasteiger charge is -2.20. The summed E-state index contributed by atoms with van der Waals surface area (Å²) in [5, 5.41) is 10.1. The average molecular weight is 472 g/mol. The number of nitrogens with one attached hydrogen (secondary N) is 1. The van der Waals surface area contributed by atoms with E-state index < -0.39 is 16.4 Å². The van der Waals surface area contributed by atoms with Crippen LogP contribution in [0.2, 0.25) is 0 Å². The minimum absolute atomic E-state index is 0.0641. The number of alkyl halides is 2. The molecule has 0 amide bonds. The number of hydrogen-bond donors (Lipinski definition) is 1. The molecule has 0 radical (unpaired) electrons. The van der Waals surface area contributed by atoms with Crippen molar-refractivity contribution in [2.24, 2.45) is 5.41 Å². The molecule has 2 aromatic carbocycles. The highest BCUT2D eigenvalue weighted by molar-refractivity contribution is 7.90. The van der Waals surface area contributed by atoms with Crippen LogP contribution in [0.25, 0.3) is 22.0 Å². The Morgan fingerprint density at radius 1 is 1.21 bits per heavy atom. The second kappa shape index (κ2) is 8.54. The number of nitriles is 1. The number of aromatic nitrogens is 1. The molecule has 5 nitrogen and oxygen atoms in total. The monoisotopic (exact) mass is 471 g/mol. The van der Waals surface area contributed by atoms with E-state index in [1.165, 1.54) is 18.2 Å². The molecular formula is C25H27F2N3O2S. The first-order chi connectivity index (χ1) is 15.5. The smallest absolute Gasteiger partial charge is 0.264 e. The summed E-state index contributed by atoms with van der Waals surface area (Å²) in [6.07, 6.45) is 0.599. The topological polar surface area (TPSA) is 74.9 Å². The molecule has 8 heteroatoms. The van der Waals surface area contributed by atoms with E-state index in [0.29, 0.717) is 24.9 Å². The van der Waals surface area contributed by atoms with Gasteiger partial charge in [0.15, 0.2) is 0 Å². The van der Waals surface area contributed by atoms with Gasteiger partial charge in [-0.1, -0.05) is 45.0 Å². The van der Waals surface area contributed by atoms with Gasteiger partial charge in [0.25, 0.3) is 6.43 Å². The van der Waals surface area contributed by atoms with Crippen LogP contribution in [0.1, 0.15) is 56.7 Å². The Bertz CT molecular complexity index is 1340. The zero-order chi connectivity index (χ0) is 24.0. The molecule has 0 atom stereocenters. The van der Waals surface area contributed by atoms with Crippen molar-refractivity contribution in [3.63, 3.8) is 0 Å². The maximum atomic E-state index is 13.8. The van der Waals surface area contributed by atoms with Gasteiger partial charge in [-0.2, -0.15) is 5.26 Å². The lowest BCUT2D eigenvalue weighted by molar-refractivity contribution is 0.152. The highest BCUT2D eigenvalue weighted by Gasteiger charge is 2.35. The quantitative estimate of drug-likeness (QED) is 0.477. The Labute approximate surface area is 193 Å². The largest absolute Gasteiger partial charge is 0.347 e. The van der Waals surface area contributed by atoms with Gasteiger partial charge in [-0.15, -0.1) is 0 Å². The predicted molar refractivity (Wildman–Crippen MR) is 125 cm³/mol. The predicted octanol–water partition coefficient (Wildman–Crippen LogP) is 5.75. The van der Waals surface area contributed by atoms with Gasteiger partial charge in [-0.05, 0) is 41.5 Å². The number of fused-ring (bicyclic) bond motifs is 1. The standard InChI is InChI=1S/C25H27F2N3O2S/c1-25(2,3)15-30-14-18(13-29-33(31,32)19-8-9-19)20-10-7-16(11-22(20)30)23-17(12-28)5-4-6-21(23)24(26)27/h4-7,10-11,14,19,24,29H,8-9,13,15H2,1-3H3. The highest BCUT2D eigenvalue weighted by Crippen LogP contribution is 2.37. The van der Waals surface area contributed by atoms with Crippen LogP contribution >= 0.6 is 0 Å². The first-order valence-electron chi connectivity index (χ1n) is 10.9. The second-order valence-electron chi connectivity index (χ2n) is 9.82. The summed E-state index contributed by atoms with van der Waals surface area (Å²) < 4.78 is 56.9. The maximum Gasteiger partial charge on any atom is 0.264 e. The summed E-state index contributed by atoms with van der Waals surface area (Å²) in [6.45, 7) is 7.11. The number of halogens is 2. The van der Waals surface area contributed by atoms with Crippen LogP contribution < -0.4 is 4.72 Å². The molecule has 1 aromatic heterocycles. The third-order valence-corrected chi connectivity index (χ3v) is 7.67. The molecule has 1 N–H and O–H groups in total. The summed E-state index contributed by atoms with van der Waals surface area (Å²) >= 11 is 0. The molecular weight excluding hydrogens is 444 g/mol. The molecule has 1 fully saturated rings. The fourth-order valence-corrected chi connectivity index (χ4v) is 5.50. The van der Waals surface area contributed by atoms with E-state index in [0.717, 1.165) is 16.5 Å². The zero-order valence-electron chi connectivity index (χ0n) is 18.9. The second-order valence-corrected chi connectivity index (χ2v) is 11.9. The molecule has 1 aliphatic rings. The molecule has 33 heavy (non-hydrogen) atoms. The molecule has 0 aliphatic heterocycles. The summed E-state index contributed by atoms with van der Waals surface area (Å²) in [7, 11) is -3.33. The van der Waals surface area contributed by atoms with E-state index in [4.69, 9.17) is 0 Å². The molecule has 1 aliphatic carbocycles. The van der Waals surface area contributed by atoms with Gasteiger partial charge >= 0.3 is 0 Å². The Morgan fingerprint density at radius 3 is 2.55 bits per heavy atom. The van der Waals surface area contributed by atoms with E-state index in [-0.39, 0.29) is 33.9 Å². The number of rotatable bonds is 7. The molecule has 1 heterocycles. The van der Waals surface area contributed by atoms with Crippen molar-refractivity contribution in [3.05, 3.63) is 59.3 Å². The van der Waals surface area contributed by atoms with Gasteiger partial charge in [0.1, 0.15) is 0 Å². The summed E-state index contributed by atoms with van der Waals surface area (Å²) in [6, 6.07) is 11.8. The van der Waals surface area contributed by atoms with E-state index in [1.807, 2.05) is 29.0 Å².